The lowest BCUT2D eigenvalue weighted by atomic mass is 9.77. The van der Waals surface area contributed by atoms with Crippen LogP contribution in [0.15, 0.2) is 29.5 Å². The van der Waals surface area contributed by atoms with E-state index >= 15 is 0 Å². The third-order valence-corrected chi connectivity index (χ3v) is 6.00. The Morgan fingerprint density at radius 2 is 2.00 bits per heavy atom. The number of nitrogens with zero attached hydrogens (tertiary/aromatic N) is 1. The molecule has 29 heavy (non-hydrogen) atoms. The summed E-state index contributed by atoms with van der Waals surface area (Å²) >= 11 is 0. The highest BCUT2D eigenvalue weighted by molar-refractivity contribution is 6.11. The molecule has 7 nitrogen and oxygen atoms in total. The summed E-state index contributed by atoms with van der Waals surface area (Å²) in [5, 5.41) is 9.55. The lowest BCUT2D eigenvalue weighted by Crippen LogP contribution is -2.39. The van der Waals surface area contributed by atoms with Gasteiger partial charge in [-0.25, -0.2) is 0 Å². The molecule has 2 heterocycles. The van der Waals surface area contributed by atoms with Gasteiger partial charge in [-0.2, -0.15) is 0 Å². The van der Waals surface area contributed by atoms with Crippen LogP contribution in [-0.4, -0.2) is 54.7 Å². The van der Waals surface area contributed by atoms with Crippen LogP contribution in [0.1, 0.15) is 44.2 Å². The van der Waals surface area contributed by atoms with Crippen LogP contribution in [0.3, 0.4) is 0 Å². The molecule has 1 N–H and O–H groups in total. The van der Waals surface area contributed by atoms with Crippen LogP contribution in [0, 0.1) is 5.92 Å². The predicted octanol–water partition coefficient (Wildman–Crippen LogP) is 2.38. The number of aliphatic hydroxyl groups excluding tert-OH is 1. The number of ketones is 1. The third kappa shape index (κ3) is 3.27. The Kier molecular flexibility index (Phi) is 5.50. The van der Waals surface area contributed by atoms with Gasteiger partial charge in [0.05, 0.1) is 37.9 Å². The van der Waals surface area contributed by atoms with E-state index in [1.54, 1.807) is 19.2 Å². The summed E-state index contributed by atoms with van der Waals surface area (Å²) in [6, 6.07) is 4.83. The maximum Gasteiger partial charge on any atom is 0.290 e. The van der Waals surface area contributed by atoms with Gasteiger partial charge in [0.15, 0.2) is 23.0 Å². The minimum atomic E-state index is -0.593. The van der Waals surface area contributed by atoms with Crippen molar-refractivity contribution in [2.24, 2.45) is 5.92 Å². The monoisotopic (exact) mass is 401 g/mol. The van der Waals surface area contributed by atoms with Gasteiger partial charge in [-0.1, -0.05) is 12.5 Å². The first kappa shape index (κ1) is 19.8. The van der Waals surface area contributed by atoms with Crippen LogP contribution in [0.2, 0.25) is 0 Å². The van der Waals surface area contributed by atoms with Crippen molar-refractivity contribution in [1.29, 1.82) is 0 Å². The Morgan fingerprint density at radius 1 is 1.21 bits per heavy atom. The smallest absolute Gasteiger partial charge is 0.290 e. The molecule has 1 aromatic carbocycles. The second-order valence-electron chi connectivity index (χ2n) is 7.62. The first-order valence-corrected chi connectivity index (χ1v) is 10.3. The van der Waals surface area contributed by atoms with Gasteiger partial charge in [0.25, 0.3) is 5.91 Å². The Balaban J connectivity index is 1.78. The molecule has 3 atom stereocenters. The predicted molar refractivity (Wildman–Crippen MR) is 105 cm³/mol. The Hall–Kier alpha value is -2.54. The van der Waals surface area contributed by atoms with Crippen molar-refractivity contribution < 1.29 is 28.9 Å². The van der Waals surface area contributed by atoms with Crippen molar-refractivity contribution in [3.63, 3.8) is 0 Å². The van der Waals surface area contributed by atoms with Crippen molar-refractivity contribution in [2.75, 3.05) is 26.9 Å². The van der Waals surface area contributed by atoms with Crippen molar-refractivity contribution in [2.45, 2.75) is 44.8 Å². The first-order valence-electron chi connectivity index (χ1n) is 10.3. The van der Waals surface area contributed by atoms with Gasteiger partial charge < -0.3 is 24.2 Å². The number of carbonyl (C=O) groups excluding carboxylic acids is 2. The number of rotatable bonds is 6. The van der Waals surface area contributed by atoms with Crippen molar-refractivity contribution >= 4 is 11.7 Å². The lowest BCUT2D eigenvalue weighted by Gasteiger charge is -2.35. The van der Waals surface area contributed by atoms with E-state index in [-0.39, 0.29) is 42.6 Å². The maximum absolute atomic E-state index is 13.4. The highest BCUT2D eigenvalue weighted by atomic mass is 16.5. The maximum atomic E-state index is 13.4. The molecule has 0 radical (unpaired) electrons. The summed E-state index contributed by atoms with van der Waals surface area (Å²) in [6.45, 7) is 2.32. The van der Waals surface area contributed by atoms with Gasteiger partial charge in [-0.05, 0) is 43.9 Å². The molecule has 1 aliphatic carbocycles. The number of carbonyl (C=O) groups is 2. The van der Waals surface area contributed by atoms with Gasteiger partial charge in [0.1, 0.15) is 6.10 Å². The zero-order valence-electron chi connectivity index (χ0n) is 16.8. The molecule has 1 fully saturated rings. The molecule has 4 rings (SSSR count). The second-order valence-corrected chi connectivity index (χ2v) is 7.62. The van der Waals surface area contributed by atoms with E-state index < -0.39 is 6.04 Å². The van der Waals surface area contributed by atoms with E-state index in [2.05, 4.69) is 0 Å². The van der Waals surface area contributed by atoms with E-state index in [9.17, 15) is 14.7 Å². The quantitative estimate of drug-likeness (QED) is 0.788. The Morgan fingerprint density at radius 3 is 2.72 bits per heavy atom. The molecule has 1 aromatic rings. The highest BCUT2D eigenvalue weighted by Gasteiger charge is 2.51. The van der Waals surface area contributed by atoms with Gasteiger partial charge in [-0.15, -0.1) is 0 Å². The number of fused-ring (bicyclic) bond motifs is 1. The summed E-state index contributed by atoms with van der Waals surface area (Å²) in [6.07, 6.45) is 3.36. The largest absolute Gasteiger partial charge is 0.493 e. The van der Waals surface area contributed by atoms with Gasteiger partial charge in [0, 0.05) is 6.54 Å². The standard InChI is InChI=1S/C22H27NO6/c1-3-28-16-9-8-13(12-17(16)27-2)19-18-20(25)14-6-4-5-7-15(14)29-21(18)22(26)23(19)10-11-24/h8-9,12,14-15,19,24H,3-7,10-11H2,1-2H3. The number of ether oxygens (including phenoxy) is 3. The summed E-state index contributed by atoms with van der Waals surface area (Å²) in [7, 11) is 1.55. The van der Waals surface area contributed by atoms with E-state index in [1.165, 1.54) is 4.90 Å². The van der Waals surface area contributed by atoms with Crippen molar-refractivity contribution in [3.05, 3.63) is 35.1 Å². The van der Waals surface area contributed by atoms with Gasteiger partial charge in [-0.3, -0.25) is 9.59 Å². The molecule has 0 aromatic heterocycles. The molecule has 2 aliphatic heterocycles. The van der Waals surface area contributed by atoms with Gasteiger partial charge in [0.2, 0.25) is 0 Å². The first-order chi connectivity index (χ1) is 14.1. The minimum Gasteiger partial charge on any atom is -0.493 e. The van der Waals surface area contributed by atoms with Crippen LogP contribution < -0.4 is 9.47 Å². The van der Waals surface area contributed by atoms with E-state index in [0.29, 0.717) is 23.7 Å². The fourth-order valence-electron chi connectivity index (χ4n) is 4.71. The topological polar surface area (TPSA) is 85.3 Å². The lowest BCUT2D eigenvalue weighted by molar-refractivity contribution is -0.135. The molecular weight excluding hydrogens is 374 g/mol. The third-order valence-electron chi connectivity index (χ3n) is 6.00. The molecule has 3 aliphatic rings. The number of amides is 1. The zero-order valence-corrected chi connectivity index (χ0v) is 16.8. The second kappa shape index (κ2) is 8.06. The number of aliphatic hydroxyl groups is 1. The summed E-state index contributed by atoms with van der Waals surface area (Å²) in [5.74, 6) is 0.770. The highest BCUT2D eigenvalue weighted by Crippen LogP contribution is 2.47. The molecule has 1 saturated carbocycles. The zero-order chi connectivity index (χ0) is 20.5. The molecule has 0 saturated heterocycles. The van der Waals surface area contributed by atoms with Crippen LogP contribution in [0.5, 0.6) is 11.5 Å². The minimum absolute atomic E-state index is 0.00240. The SMILES string of the molecule is CCOc1ccc(C2C3=C(OC4CCCCC4C3=O)C(=O)N2CCO)cc1OC. The summed E-state index contributed by atoms with van der Waals surface area (Å²) < 4.78 is 17.1. The molecule has 0 spiro atoms. The normalized spacial score (nSPS) is 26.2. The van der Waals surface area contributed by atoms with Crippen LogP contribution >= 0.6 is 0 Å². The van der Waals surface area contributed by atoms with Crippen molar-refractivity contribution in [1.82, 2.24) is 4.90 Å². The van der Waals surface area contributed by atoms with E-state index in [4.69, 9.17) is 14.2 Å². The number of β-amino-alcohol motifs (C(OH)–C–C–N with tert-alkyl or cyclic N) is 1. The molecule has 0 bridgehead atoms. The number of hydrogen-bond acceptors (Lipinski definition) is 6. The van der Waals surface area contributed by atoms with Gasteiger partial charge >= 0.3 is 0 Å². The molecule has 1 amide bonds. The Bertz CT molecular complexity index is 848. The molecular formula is C22H27NO6. The molecule has 7 heteroatoms. The average molecular weight is 401 g/mol. The van der Waals surface area contributed by atoms with E-state index in [1.807, 2.05) is 13.0 Å². The van der Waals surface area contributed by atoms with E-state index in [0.717, 1.165) is 31.2 Å². The average Bonchev–Trinajstić information content (AvgIpc) is 3.01. The molecule has 156 valence electrons. The molecule has 3 unspecified atom stereocenters. The number of methoxy groups -OCH3 is 1. The summed E-state index contributed by atoms with van der Waals surface area (Å²) in [4.78, 5) is 28.0. The number of benzene rings is 1. The van der Waals surface area contributed by atoms with Crippen LogP contribution in [-0.2, 0) is 14.3 Å². The number of hydrogen-bond donors (Lipinski definition) is 1. The number of Topliss-reactive ketones (excluding diaryl/α,β-unsaturated/α-hetero) is 1. The fourth-order valence-corrected chi connectivity index (χ4v) is 4.71. The fraction of sp³-hybridized carbons (Fsp3) is 0.545. The van der Waals surface area contributed by atoms with Crippen molar-refractivity contribution in [3.8, 4) is 11.5 Å². The summed E-state index contributed by atoms with van der Waals surface area (Å²) in [5.41, 5.74) is 1.15. The Labute approximate surface area is 170 Å². The van der Waals surface area contributed by atoms with Crippen LogP contribution in [0.4, 0.5) is 0 Å². The van der Waals surface area contributed by atoms with Crippen LogP contribution in [0.25, 0.3) is 0 Å².